The summed E-state index contributed by atoms with van der Waals surface area (Å²) in [7, 11) is 0. The van der Waals surface area contributed by atoms with E-state index in [1.807, 2.05) is 6.92 Å². The number of pyridine rings is 1. The van der Waals surface area contributed by atoms with Crippen LogP contribution in [0.15, 0.2) is 24.3 Å². The zero-order chi connectivity index (χ0) is 15.5. The Hall–Kier alpha value is -2.41. The van der Waals surface area contributed by atoms with Crippen molar-refractivity contribution < 1.29 is 9.13 Å². The maximum Gasteiger partial charge on any atom is 0.232 e. The number of benzene rings is 1. The second-order valence-corrected chi connectivity index (χ2v) is 5.39. The zero-order valence-corrected chi connectivity index (χ0v) is 12.5. The number of rotatable bonds is 4. The van der Waals surface area contributed by atoms with E-state index >= 15 is 0 Å². The monoisotopic (exact) mass is 296 g/mol. The number of hydrogen-bond donors (Lipinski definition) is 0. The maximum atomic E-state index is 13.7. The molecule has 1 aliphatic rings. The van der Waals surface area contributed by atoms with Crippen molar-refractivity contribution in [2.75, 3.05) is 0 Å². The summed E-state index contributed by atoms with van der Waals surface area (Å²) in [6.45, 7) is 2.13. The van der Waals surface area contributed by atoms with E-state index in [1.165, 1.54) is 11.6 Å². The average Bonchev–Trinajstić information content (AvgIpc) is 3.02. The van der Waals surface area contributed by atoms with Gasteiger partial charge in [0.1, 0.15) is 24.1 Å². The van der Waals surface area contributed by atoms with Crippen LogP contribution >= 0.6 is 0 Å². The normalized spacial score (nSPS) is 12.8. The summed E-state index contributed by atoms with van der Waals surface area (Å²) in [4.78, 5) is 4.51. The first-order valence-corrected chi connectivity index (χ1v) is 7.55. The van der Waals surface area contributed by atoms with E-state index in [4.69, 9.17) is 4.74 Å². The van der Waals surface area contributed by atoms with Gasteiger partial charge in [-0.1, -0.05) is 25.1 Å². The molecule has 0 saturated heterocycles. The van der Waals surface area contributed by atoms with Crippen LogP contribution in [0.25, 0.3) is 0 Å². The molecule has 22 heavy (non-hydrogen) atoms. The minimum Gasteiger partial charge on any atom is -0.472 e. The molecule has 0 atom stereocenters. The van der Waals surface area contributed by atoms with Gasteiger partial charge in [-0.05, 0) is 42.9 Å². The quantitative estimate of drug-likeness (QED) is 0.863. The SMILES string of the molecule is CCc1nc(OCc2ccccc2F)c(C#N)c2c1CCC2. The van der Waals surface area contributed by atoms with Crippen molar-refractivity contribution in [1.82, 2.24) is 4.98 Å². The van der Waals surface area contributed by atoms with Crippen molar-refractivity contribution in [3.05, 3.63) is 58.0 Å². The summed E-state index contributed by atoms with van der Waals surface area (Å²) < 4.78 is 19.4. The molecule has 0 bridgehead atoms. The Morgan fingerprint density at radius 3 is 2.77 bits per heavy atom. The number of halogens is 1. The summed E-state index contributed by atoms with van der Waals surface area (Å²) in [5, 5.41) is 9.45. The van der Waals surface area contributed by atoms with Crippen LogP contribution in [-0.2, 0) is 25.9 Å². The lowest BCUT2D eigenvalue weighted by Crippen LogP contribution is -2.07. The maximum absolute atomic E-state index is 13.7. The van der Waals surface area contributed by atoms with Crippen molar-refractivity contribution in [3.63, 3.8) is 0 Å². The van der Waals surface area contributed by atoms with Crippen LogP contribution in [0.4, 0.5) is 4.39 Å². The first-order chi connectivity index (χ1) is 10.7. The summed E-state index contributed by atoms with van der Waals surface area (Å²) in [6, 6.07) is 8.70. The standard InChI is InChI=1S/C18H17FN2O/c1-2-17-14-8-5-7-13(14)15(10-20)18(21-17)22-11-12-6-3-4-9-16(12)19/h3-4,6,9H,2,5,7-8,11H2,1H3. The highest BCUT2D eigenvalue weighted by molar-refractivity contribution is 5.52. The summed E-state index contributed by atoms with van der Waals surface area (Å²) in [5.41, 5.74) is 4.25. The highest BCUT2D eigenvalue weighted by Gasteiger charge is 2.23. The number of nitrogens with zero attached hydrogens (tertiary/aromatic N) is 2. The Bertz CT molecular complexity index is 749. The van der Waals surface area contributed by atoms with Gasteiger partial charge in [-0.25, -0.2) is 9.37 Å². The van der Waals surface area contributed by atoms with Gasteiger partial charge in [-0.15, -0.1) is 0 Å². The molecule has 112 valence electrons. The van der Waals surface area contributed by atoms with E-state index in [9.17, 15) is 9.65 Å². The van der Waals surface area contributed by atoms with Gasteiger partial charge in [0.05, 0.1) is 0 Å². The van der Waals surface area contributed by atoms with Crippen molar-refractivity contribution in [2.45, 2.75) is 39.2 Å². The van der Waals surface area contributed by atoms with Crippen molar-refractivity contribution in [2.24, 2.45) is 0 Å². The molecule has 0 spiro atoms. The minimum absolute atomic E-state index is 0.0797. The molecule has 3 nitrogen and oxygen atoms in total. The van der Waals surface area contributed by atoms with Crippen LogP contribution in [0.2, 0.25) is 0 Å². The second kappa shape index (κ2) is 6.15. The molecule has 1 aromatic heterocycles. The molecular weight excluding hydrogens is 279 g/mol. The van der Waals surface area contributed by atoms with Crippen molar-refractivity contribution in [1.29, 1.82) is 5.26 Å². The van der Waals surface area contributed by atoms with Crippen LogP contribution < -0.4 is 4.74 Å². The smallest absolute Gasteiger partial charge is 0.232 e. The van der Waals surface area contributed by atoms with Crippen LogP contribution in [0.1, 0.15) is 41.3 Å². The van der Waals surface area contributed by atoms with Gasteiger partial charge in [-0.2, -0.15) is 5.26 Å². The third-order valence-corrected chi connectivity index (χ3v) is 4.09. The first-order valence-electron chi connectivity index (χ1n) is 7.55. The number of hydrogen-bond acceptors (Lipinski definition) is 3. The minimum atomic E-state index is -0.308. The summed E-state index contributed by atoms with van der Waals surface area (Å²) in [6.07, 6.45) is 3.73. The lowest BCUT2D eigenvalue weighted by atomic mass is 10.0. The van der Waals surface area contributed by atoms with Gasteiger partial charge < -0.3 is 4.74 Å². The van der Waals surface area contributed by atoms with Gasteiger partial charge in [0.15, 0.2) is 0 Å². The average molecular weight is 296 g/mol. The molecule has 0 N–H and O–H groups in total. The van der Waals surface area contributed by atoms with E-state index in [1.54, 1.807) is 18.2 Å². The molecule has 3 rings (SSSR count). The number of ether oxygens (including phenoxy) is 1. The van der Waals surface area contributed by atoms with Gasteiger partial charge in [0.2, 0.25) is 5.88 Å². The summed E-state index contributed by atoms with van der Waals surface area (Å²) >= 11 is 0. The largest absolute Gasteiger partial charge is 0.472 e. The van der Waals surface area contributed by atoms with Gasteiger partial charge in [0, 0.05) is 11.3 Å². The first kappa shape index (κ1) is 14.5. The van der Waals surface area contributed by atoms with Gasteiger partial charge in [0.25, 0.3) is 0 Å². The van der Waals surface area contributed by atoms with Gasteiger partial charge >= 0.3 is 0 Å². The predicted octanol–water partition coefficient (Wildman–Crippen LogP) is 3.72. The molecular formula is C18H17FN2O. The third-order valence-electron chi connectivity index (χ3n) is 4.09. The molecule has 1 aliphatic carbocycles. The highest BCUT2D eigenvalue weighted by atomic mass is 19.1. The van der Waals surface area contributed by atoms with E-state index in [0.717, 1.165) is 36.9 Å². The number of aryl methyl sites for hydroxylation is 1. The highest BCUT2D eigenvalue weighted by Crippen LogP contribution is 2.32. The fourth-order valence-electron chi connectivity index (χ4n) is 2.99. The Morgan fingerprint density at radius 1 is 1.27 bits per heavy atom. The van der Waals surface area contributed by atoms with Crippen LogP contribution in [0.3, 0.4) is 0 Å². The number of nitriles is 1. The van der Waals surface area contributed by atoms with Crippen molar-refractivity contribution in [3.8, 4) is 11.9 Å². The molecule has 0 aliphatic heterocycles. The number of fused-ring (bicyclic) bond motifs is 1. The molecule has 1 heterocycles. The molecule has 0 radical (unpaired) electrons. The van der Waals surface area contributed by atoms with Crippen LogP contribution in [-0.4, -0.2) is 4.98 Å². The Morgan fingerprint density at radius 2 is 2.05 bits per heavy atom. The lowest BCUT2D eigenvalue weighted by molar-refractivity contribution is 0.286. The summed E-state index contributed by atoms with van der Waals surface area (Å²) in [5.74, 6) is 0.0288. The van der Waals surface area contributed by atoms with E-state index in [-0.39, 0.29) is 12.4 Å². The van der Waals surface area contributed by atoms with E-state index in [0.29, 0.717) is 17.0 Å². The molecule has 0 saturated carbocycles. The molecule has 0 unspecified atom stereocenters. The molecule has 2 aromatic rings. The fraction of sp³-hybridized carbons (Fsp3) is 0.333. The Labute approximate surface area is 129 Å². The van der Waals surface area contributed by atoms with E-state index < -0.39 is 0 Å². The zero-order valence-electron chi connectivity index (χ0n) is 12.5. The molecule has 0 fully saturated rings. The van der Waals surface area contributed by atoms with Crippen LogP contribution in [0, 0.1) is 17.1 Å². The van der Waals surface area contributed by atoms with Gasteiger partial charge in [-0.3, -0.25) is 0 Å². The number of aromatic nitrogens is 1. The predicted molar refractivity (Wildman–Crippen MR) is 81.1 cm³/mol. The van der Waals surface area contributed by atoms with Crippen molar-refractivity contribution >= 4 is 0 Å². The topological polar surface area (TPSA) is 45.9 Å². The lowest BCUT2D eigenvalue weighted by Gasteiger charge is -2.13. The molecule has 4 heteroatoms. The Balaban J connectivity index is 1.94. The Kier molecular flexibility index (Phi) is 4.06. The second-order valence-electron chi connectivity index (χ2n) is 5.39. The third kappa shape index (κ3) is 2.55. The molecule has 1 aromatic carbocycles. The fourth-order valence-corrected chi connectivity index (χ4v) is 2.99. The van der Waals surface area contributed by atoms with Crippen LogP contribution in [0.5, 0.6) is 5.88 Å². The molecule has 0 amide bonds. The van der Waals surface area contributed by atoms with E-state index in [2.05, 4.69) is 11.1 Å².